The first kappa shape index (κ1) is 13.2. The molecule has 0 saturated carbocycles. The van der Waals surface area contributed by atoms with Gasteiger partial charge in [0.15, 0.2) is 9.84 Å². The monoisotopic (exact) mass is 328 g/mol. The molecule has 2 aromatic carbocycles. The number of sulfone groups is 1. The summed E-state index contributed by atoms with van der Waals surface area (Å²) in [7, 11) is -3.51. The van der Waals surface area contributed by atoms with E-state index in [0.29, 0.717) is 5.56 Å². The van der Waals surface area contributed by atoms with Gasteiger partial charge in [0.25, 0.3) is 0 Å². The molecule has 0 bridgehead atoms. The molecule has 0 heterocycles. The fourth-order valence-corrected chi connectivity index (χ4v) is 3.77. The number of alkyl halides is 1. The predicted molar refractivity (Wildman–Crippen MR) is 71.7 cm³/mol. The van der Waals surface area contributed by atoms with E-state index in [2.05, 4.69) is 15.9 Å². The molecule has 0 aliphatic heterocycles. The smallest absolute Gasteiger partial charge is 0.195 e. The molecule has 94 valence electrons. The molecule has 2 nitrogen and oxygen atoms in total. The summed E-state index contributed by atoms with van der Waals surface area (Å²) >= 11 is 3.16. The van der Waals surface area contributed by atoms with E-state index in [1.165, 1.54) is 36.4 Å². The Balaban J connectivity index is 2.39. The van der Waals surface area contributed by atoms with Gasteiger partial charge in [-0.25, -0.2) is 12.8 Å². The van der Waals surface area contributed by atoms with E-state index in [-0.39, 0.29) is 4.90 Å². The van der Waals surface area contributed by atoms with E-state index in [4.69, 9.17) is 0 Å². The molecule has 0 N–H and O–H groups in total. The maximum atomic E-state index is 12.8. The average Bonchev–Trinajstić information content (AvgIpc) is 2.40. The van der Waals surface area contributed by atoms with E-state index >= 15 is 0 Å². The summed E-state index contributed by atoms with van der Waals surface area (Å²) in [6, 6.07) is 13.5. The first-order valence-corrected chi connectivity index (χ1v) is 7.66. The highest BCUT2D eigenvalue weighted by Crippen LogP contribution is 2.33. The summed E-state index contributed by atoms with van der Waals surface area (Å²) < 4.78 is 36.5. The maximum absolute atomic E-state index is 12.8. The molecule has 0 aliphatic carbocycles. The topological polar surface area (TPSA) is 34.1 Å². The van der Waals surface area contributed by atoms with Crippen molar-refractivity contribution in [1.29, 1.82) is 0 Å². The van der Waals surface area contributed by atoms with Gasteiger partial charge in [0.05, 0.1) is 4.90 Å². The molecule has 18 heavy (non-hydrogen) atoms. The lowest BCUT2D eigenvalue weighted by Gasteiger charge is -2.11. The minimum Gasteiger partial charge on any atom is -0.222 e. The van der Waals surface area contributed by atoms with Crippen LogP contribution in [0.5, 0.6) is 0 Å². The third-order valence-corrected chi connectivity index (χ3v) is 6.23. The second-order valence-corrected chi connectivity index (χ2v) is 7.28. The molecule has 2 aromatic rings. The van der Waals surface area contributed by atoms with Gasteiger partial charge in [-0.3, -0.25) is 0 Å². The predicted octanol–water partition coefficient (Wildman–Crippen LogP) is 3.69. The zero-order valence-electron chi connectivity index (χ0n) is 9.25. The zero-order chi connectivity index (χ0) is 13.2. The van der Waals surface area contributed by atoms with Crippen LogP contribution in [0.2, 0.25) is 0 Å². The van der Waals surface area contributed by atoms with Crippen LogP contribution in [0.4, 0.5) is 4.39 Å². The lowest BCUT2D eigenvalue weighted by Crippen LogP contribution is -2.08. The summed E-state index contributed by atoms with van der Waals surface area (Å²) in [6.45, 7) is 0. The van der Waals surface area contributed by atoms with Crippen LogP contribution in [-0.2, 0) is 9.84 Å². The van der Waals surface area contributed by atoms with E-state index in [9.17, 15) is 12.8 Å². The van der Waals surface area contributed by atoms with Crippen molar-refractivity contribution in [3.05, 3.63) is 66.0 Å². The largest absolute Gasteiger partial charge is 0.222 e. The van der Waals surface area contributed by atoms with Gasteiger partial charge >= 0.3 is 0 Å². The van der Waals surface area contributed by atoms with Crippen LogP contribution in [0.1, 0.15) is 9.72 Å². The molecule has 0 fully saturated rings. The van der Waals surface area contributed by atoms with E-state index in [0.717, 1.165) is 0 Å². The molecule has 0 aliphatic rings. The molecule has 1 unspecified atom stereocenters. The third-order valence-electron chi connectivity index (χ3n) is 2.48. The second-order valence-electron chi connectivity index (χ2n) is 3.73. The molecule has 0 spiro atoms. The quantitative estimate of drug-likeness (QED) is 0.805. The Labute approximate surface area is 114 Å². The number of halogens is 2. The first-order chi connectivity index (χ1) is 8.51. The Morgan fingerprint density at radius 1 is 0.944 bits per heavy atom. The van der Waals surface area contributed by atoms with Gasteiger partial charge in [0.2, 0.25) is 0 Å². The van der Waals surface area contributed by atoms with E-state index in [1.807, 2.05) is 0 Å². The lowest BCUT2D eigenvalue weighted by atomic mass is 10.2. The Bertz CT molecular complexity index is 624. The standard InChI is InChI=1S/C13H10BrFO2S/c14-13(10-6-8-11(15)9-7-10)18(16,17)12-4-2-1-3-5-12/h1-9,13H. The Morgan fingerprint density at radius 2 is 1.50 bits per heavy atom. The summed E-state index contributed by atoms with van der Waals surface area (Å²) in [6.07, 6.45) is 0. The van der Waals surface area contributed by atoms with Crippen molar-refractivity contribution >= 4 is 25.8 Å². The van der Waals surface area contributed by atoms with Crippen molar-refractivity contribution < 1.29 is 12.8 Å². The maximum Gasteiger partial charge on any atom is 0.195 e. The molecule has 2 rings (SSSR count). The minimum atomic E-state index is -3.51. The van der Waals surface area contributed by atoms with Crippen LogP contribution in [0.15, 0.2) is 59.5 Å². The number of hydrogen-bond donors (Lipinski definition) is 0. The molecule has 5 heteroatoms. The van der Waals surface area contributed by atoms with E-state index < -0.39 is 19.8 Å². The Kier molecular flexibility index (Phi) is 3.82. The van der Waals surface area contributed by atoms with Crippen molar-refractivity contribution in [3.63, 3.8) is 0 Å². The van der Waals surface area contributed by atoms with Crippen LogP contribution < -0.4 is 0 Å². The average molecular weight is 329 g/mol. The van der Waals surface area contributed by atoms with Crippen LogP contribution in [0, 0.1) is 5.82 Å². The Morgan fingerprint density at radius 3 is 2.06 bits per heavy atom. The van der Waals surface area contributed by atoms with Gasteiger partial charge in [-0.1, -0.05) is 46.3 Å². The highest BCUT2D eigenvalue weighted by atomic mass is 79.9. The summed E-state index contributed by atoms with van der Waals surface area (Å²) in [4.78, 5) is 0.233. The highest BCUT2D eigenvalue weighted by Gasteiger charge is 2.26. The van der Waals surface area contributed by atoms with Crippen LogP contribution in [0.3, 0.4) is 0 Å². The summed E-state index contributed by atoms with van der Waals surface area (Å²) in [5.41, 5.74) is 0.500. The second kappa shape index (κ2) is 5.20. The molecule has 0 amide bonds. The van der Waals surface area contributed by atoms with Crippen molar-refractivity contribution in [2.45, 2.75) is 9.05 Å². The fraction of sp³-hybridized carbons (Fsp3) is 0.0769. The SMILES string of the molecule is O=S(=O)(c1ccccc1)C(Br)c1ccc(F)cc1. The van der Waals surface area contributed by atoms with Gasteiger partial charge in [0, 0.05) is 0 Å². The Hall–Kier alpha value is -1.20. The van der Waals surface area contributed by atoms with Crippen LogP contribution in [-0.4, -0.2) is 8.42 Å². The van der Waals surface area contributed by atoms with E-state index in [1.54, 1.807) is 18.2 Å². The van der Waals surface area contributed by atoms with Gasteiger partial charge in [-0.2, -0.15) is 0 Å². The third kappa shape index (κ3) is 2.62. The van der Waals surface area contributed by atoms with Gasteiger partial charge in [-0.15, -0.1) is 0 Å². The molecule has 1 atom stereocenters. The van der Waals surface area contributed by atoms with Crippen molar-refractivity contribution in [2.24, 2.45) is 0 Å². The molecule has 0 radical (unpaired) electrons. The zero-order valence-corrected chi connectivity index (χ0v) is 11.7. The van der Waals surface area contributed by atoms with Crippen LogP contribution >= 0.6 is 15.9 Å². The van der Waals surface area contributed by atoms with Crippen molar-refractivity contribution in [2.75, 3.05) is 0 Å². The normalized spacial score (nSPS) is 13.2. The van der Waals surface area contributed by atoms with Crippen LogP contribution in [0.25, 0.3) is 0 Å². The molecule has 0 aromatic heterocycles. The fourth-order valence-electron chi connectivity index (χ4n) is 1.52. The molecular weight excluding hydrogens is 319 g/mol. The minimum absolute atomic E-state index is 0.233. The van der Waals surface area contributed by atoms with Gasteiger partial charge < -0.3 is 0 Å². The number of benzene rings is 2. The molecule has 0 saturated heterocycles. The summed E-state index contributed by atoms with van der Waals surface area (Å²) in [5.74, 6) is -0.393. The summed E-state index contributed by atoms with van der Waals surface area (Å²) in [5, 5.41) is 0. The van der Waals surface area contributed by atoms with Crippen molar-refractivity contribution in [3.8, 4) is 0 Å². The lowest BCUT2D eigenvalue weighted by molar-refractivity contribution is 0.594. The van der Waals surface area contributed by atoms with Crippen molar-refractivity contribution in [1.82, 2.24) is 0 Å². The first-order valence-electron chi connectivity index (χ1n) is 5.20. The van der Waals surface area contributed by atoms with Gasteiger partial charge in [0.1, 0.15) is 9.98 Å². The highest BCUT2D eigenvalue weighted by molar-refractivity contribution is 9.10. The number of hydrogen-bond acceptors (Lipinski definition) is 2. The molecular formula is C13H10BrFO2S. The number of rotatable bonds is 3. The van der Waals surface area contributed by atoms with Gasteiger partial charge in [-0.05, 0) is 29.8 Å².